The van der Waals surface area contributed by atoms with Crippen LogP contribution in [0.25, 0.3) is 21.2 Å². The molecular weight excluding hydrogens is 458 g/mol. The second kappa shape index (κ2) is 10.1. The average Bonchev–Trinajstić information content (AvgIpc) is 3.27. The zero-order valence-electron chi connectivity index (χ0n) is 18.0. The van der Waals surface area contributed by atoms with Crippen molar-refractivity contribution in [3.8, 4) is 10.4 Å². The molecule has 2 N–H and O–H groups in total. The van der Waals surface area contributed by atoms with Crippen LogP contribution in [0.3, 0.4) is 0 Å². The Morgan fingerprint density at radius 1 is 0.971 bits per heavy atom. The summed E-state index contributed by atoms with van der Waals surface area (Å²) in [6.45, 7) is 1.25. The van der Waals surface area contributed by atoms with Gasteiger partial charge in [0.25, 0.3) is 11.5 Å². The number of rotatable bonds is 7. The van der Waals surface area contributed by atoms with Gasteiger partial charge in [0, 0.05) is 10.3 Å². The second-order valence-corrected chi connectivity index (χ2v) is 8.06. The van der Waals surface area contributed by atoms with Crippen LogP contribution < -0.4 is 10.9 Å². The number of fused-ring (bicyclic) bond motifs is 1. The lowest BCUT2D eigenvalue weighted by Gasteiger charge is -2.08. The number of thiophene rings is 1. The molecule has 1 amide bonds. The molecule has 4 rings (SSSR count). The number of nitrogens with zero attached hydrogens (tertiary/aromatic N) is 1. The molecule has 0 aliphatic heterocycles. The lowest BCUT2D eigenvalue weighted by molar-refractivity contribution is -0.119. The van der Waals surface area contributed by atoms with E-state index in [0.717, 1.165) is 10.4 Å². The van der Waals surface area contributed by atoms with Crippen molar-refractivity contribution in [3.05, 3.63) is 82.3 Å². The van der Waals surface area contributed by atoms with Crippen molar-refractivity contribution >= 4 is 45.0 Å². The summed E-state index contributed by atoms with van der Waals surface area (Å²) >= 11 is 1.20. The van der Waals surface area contributed by atoms with Crippen LogP contribution in [0.4, 0.5) is 5.00 Å². The molecule has 9 nitrogen and oxygen atoms in total. The Morgan fingerprint density at radius 2 is 1.68 bits per heavy atom. The van der Waals surface area contributed by atoms with E-state index in [-0.39, 0.29) is 28.3 Å². The Hall–Kier alpha value is -4.31. The van der Waals surface area contributed by atoms with Gasteiger partial charge >= 0.3 is 11.9 Å². The predicted octanol–water partition coefficient (Wildman–Crippen LogP) is 3.62. The number of H-pyrrole nitrogens is 1. The molecule has 0 spiro atoms. The SMILES string of the molecule is CCOC(=O)c1cc(-c2ccccc2)sc1NC(=O)COC(=O)c1n[nH]c(=O)c2ccccc12. The van der Waals surface area contributed by atoms with Gasteiger partial charge in [0.15, 0.2) is 12.3 Å². The van der Waals surface area contributed by atoms with E-state index in [2.05, 4.69) is 15.5 Å². The van der Waals surface area contributed by atoms with Crippen molar-refractivity contribution in [2.45, 2.75) is 6.92 Å². The van der Waals surface area contributed by atoms with Gasteiger partial charge in [-0.2, -0.15) is 5.10 Å². The summed E-state index contributed by atoms with van der Waals surface area (Å²) in [5.41, 5.74) is 0.528. The summed E-state index contributed by atoms with van der Waals surface area (Å²) in [6, 6.07) is 17.5. The van der Waals surface area contributed by atoms with E-state index in [1.54, 1.807) is 37.3 Å². The van der Waals surface area contributed by atoms with Crippen LogP contribution in [0.5, 0.6) is 0 Å². The van der Waals surface area contributed by atoms with E-state index in [9.17, 15) is 19.2 Å². The number of nitrogens with one attached hydrogen (secondary N) is 2. The number of anilines is 1. The lowest BCUT2D eigenvalue weighted by Crippen LogP contribution is -2.23. The summed E-state index contributed by atoms with van der Waals surface area (Å²) < 4.78 is 10.2. The Kier molecular flexibility index (Phi) is 6.79. The third-order valence-electron chi connectivity index (χ3n) is 4.76. The molecule has 0 radical (unpaired) electrons. The molecule has 0 saturated heterocycles. The Labute approximate surface area is 197 Å². The maximum atomic E-state index is 12.5. The predicted molar refractivity (Wildman–Crippen MR) is 127 cm³/mol. The van der Waals surface area contributed by atoms with E-state index in [1.165, 1.54) is 11.3 Å². The number of amides is 1. The molecular formula is C24H19N3O6S. The molecule has 0 fully saturated rings. The maximum absolute atomic E-state index is 12.5. The molecule has 0 aliphatic carbocycles. The number of carbonyl (C=O) groups is 3. The van der Waals surface area contributed by atoms with Crippen LogP contribution >= 0.6 is 11.3 Å². The Bertz CT molecular complexity index is 1430. The van der Waals surface area contributed by atoms with Crippen molar-refractivity contribution < 1.29 is 23.9 Å². The van der Waals surface area contributed by atoms with Gasteiger partial charge in [-0.15, -0.1) is 11.3 Å². The fourth-order valence-electron chi connectivity index (χ4n) is 3.22. The highest BCUT2D eigenvalue weighted by Gasteiger charge is 2.21. The van der Waals surface area contributed by atoms with Crippen LogP contribution in [0.15, 0.2) is 65.5 Å². The second-order valence-electron chi connectivity index (χ2n) is 7.01. The molecule has 2 heterocycles. The quantitative estimate of drug-likeness (QED) is 0.389. The summed E-state index contributed by atoms with van der Waals surface area (Å²) in [6.07, 6.45) is 0. The van der Waals surface area contributed by atoms with Gasteiger partial charge in [-0.1, -0.05) is 48.5 Å². The summed E-state index contributed by atoms with van der Waals surface area (Å²) in [4.78, 5) is 50.1. The molecule has 2 aromatic heterocycles. The molecule has 4 aromatic rings. The highest BCUT2D eigenvalue weighted by Crippen LogP contribution is 2.36. The molecule has 34 heavy (non-hydrogen) atoms. The van der Waals surface area contributed by atoms with Gasteiger partial charge in [0.1, 0.15) is 5.00 Å². The lowest BCUT2D eigenvalue weighted by atomic mass is 10.1. The third-order valence-corrected chi connectivity index (χ3v) is 5.86. The Balaban J connectivity index is 1.50. The molecule has 10 heteroatoms. The number of aromatic amines is 1. The van der Waals surface area contributed by atoms with Gasteiger partial charge in [-0.05, 0) is 24.6 Å². The van der Waals surface area contributed by atoms with Crippen LogP contribution in [0.1, 0.15) is 27.8 Å². The monoisotopic (exact) mass is 477 g/mol. The minimum absolute atomic E-state index is 0.113. The van der Waals surface area contributed by atoms with E-state index in [0.29, 0.717) is 5.39 Å². The first-order valence-corrected chi connectivity index (χ1v) is 11.1. The number of hydrogen-bond acceptors (Lipinski definition) is 8. The summed E-state index contributed by atoms with van der Waals surface area (Å²) in [5, 5.41) is 9.49. The van der Waals surface area contributed by atoms with E-state index < -0.39 is 30.0 Å². The number of benzene rings is 2. The maximum Gasteiger partial charge on any atom is 0.359 e. The van der Waals surface area contributed by atoms with E-state index >= 15 is 0 Å². The highest BCUT2D eigenvalue weighted by molar-refractivity contribution is 7.20. The first-order valence-electron chi connectivity index (χ1n) is 10.3. The van der Waals surface area contributed by atoms with Crippen molar-refractivity contribution in [1.82, 2.24) is 10.2 Å². The number of carbonyl (C=O) groups excluding carboxylic acids is 3. The number of ether oxygens (including phenoxy) is 2. The van der Waals surface area contributed by atoms with E-state index in [4.69, 9.17) is 9.47 Å². The number of esters is 2. The van der Waals surface area contributed by atoms with Gasteiger partial charge in [-0.3, -0.25) is 9.59 Å². The molecule has 172 valence electrons. The normalized spacial score (nSPS) is 10.6. The standard InChI is InChI=1S/C24H19N3O6S/c1-2-32-23(30)17-12-18(14-8-4-3-5-9-14)34-22(17)25-19(28)13-33-24(31)20-15-10-6-7-11-16(15)21(29)27-26-20/h3-12H,2,13H2,1H3,(H,25,28)(H,27,29). The van der Waals surface area contributed by atoms with Crippen molar-refractivity contribution in [3.63, 3.8) is 0 Å². The van der Waals surface area contributed by atoms with Gasteiger partial charge in [0.05, 0.1) is 17.6 Å². The number of aromatic nitrogens is 2. The highest BCUT2D eigenvalue weighted by atomic mass is 32.1. The van der Waals surface area contributed by atoms with Crippen molar-refractivity contribution in [2.24, 2.45) is 0 Å². The number of hydrogen-bond donors (Lipinski definition) is 2. The first-order chi connectivity index (χ1) is 16.5. The van der Waals surface area contributed by atoms with E-state index in [1.807, 2.05) is 30.3 Å². The molecule has 0 atom stereocenters. The van der Waals surface area contributed by atoms with Crippen LogP contribution in [-0.4, -0.2) is 41.3 Å². The zero-order chi connectivity index (χ0) is 24.1. The molecule has 2 aromatic carbocycles. The first kappa shape index (κ1) is 22.9. The van der Waals surface area contributed by atoms with Crippen LogP contribution in [-0.2, 0) is 14.3 Å². The van der Waals surface area contributed by atoms with Crippen LogP contribution in [0.2, 0.25) is 0 Å². The smallest absolute Gasteiger partial charge is 0.359 e. The molecule has 0 saturated carbocycles. The average molecular weight is 477 g/mol. The fraction of sp³-hybridized carbons (Fsp3) is 0.125. The Morgan fingerprint density at radius 3 is 2.41 bits per heavy atom. The minimum Gasteiger partial charge on any atom is -0.462 e. The van der Waals surface area contributed by atoms with Crippen molar-refractivity contribution in [1.29, 1.82) is 0 Å². The topological polar surface area (TPSA) is 127 Å². The van der Waals surface area contributed by atoms with Crippen molar-refractivity contribution in [2.75, 3.05) is 18.5 Å². The minimum atomic E-state index is -0.871. The van der Waals surface area contributed by atoms with Gasteiger partial charge < -0.3 is 14.8 Å². The molecule has 0 aliphatic rings. The molecule has 0 unspecified atom stereocenters. The third kappa shape index (κ3) is 4.86. The van der Waals surface area contributed by atoms with Gasteiger partial charge in [-0.25, -0.2) is 14.7 Å². The zero-order valence-corrected chi connectivity index (χ0v) is 18.8. The van der Waals surface area contributed by atoms with Gasteiger partial charge in [0.2, 0.25) is 0 Å². The summed E-state index contributed by atoms with van der Waals surface area (Å²) in [7, 11) is 0. The largest absolute Gasteiger partial charge is 0.462 e. The summed E-state index contributed by atoms with van der Waals surface area (Å²) in [5.74, 6) is -2.09. The van der Waals surface area contributed by atoms with Crippen LogP contribution in [0, 0.1) is 0 Å². The fourth-order valence-corrected chi connectivity index (χ4v) is 4.29. The molecule has 0 bridgehead atoms.